The van der Waals surface area contributed by atoms with Gasteiger partial charge in [-0.25, -0.2) is 9.59 Å². The second-order valence-corrected chi connectivity index (χ2v) is 5.28. The maximum absolute atomic E-state index is 12.1. The van der Waals surface area contributed by atoms with Crippen LogP contribution in [0.2, 0.25) is 0 Å². The van der Waals surface area contributed by atoms with Gasteiger partial charge in [-0.3, -0.25) is 4.79 Å². The van der Waals surface area contributed by atoms with Gasteiger partial charge in [-0.1, -0.05) is 13.5 Å². The Bertz CT molecular complexity index is 437. The number of carbonyl (C=O) groups is 3. The highest BCUT2D eigenvalue weighted by Crippen LogP contribution is 2.35. The molecule has 0 aliphatic carbocycles. The molecule has 0 amide bonds. The standard InChI is InChI=1S/C14H20O6/c1-6-7-18-12(16)9-10(19-11(15)8(2)3)13(17)20-14(9,4)5/h9-10H,2,6-7H2,1,3-5H3. The van der Waals surface area contributed by atoms with Gasteiger partial charge in [0.2, 0.25) is 6.10 Å². The molecule has 0 saturated carbocycles. The van der Waals surface area contributed by atoms with Gasteiger partial charge >= 0.3 is 17.9 Å². The molecule has 20 heavy (non-hydrogen) atoms. The van der Waals surface area contributed by atoms with Crippen LogP contribution in [-0.2, 0) is 28.6 Å². The predicted octanol–water partition coefficient (Wildman–Crippen LogP) is 1.38. The first-order valence-corrected chi connectivity index (χ1v) is 6.46. The van der Waals surface area contributed by atoms with E-state index >= 15 is 0 Å². The number of ether oxygens (including phenoxy) is 3. The van der Waals surface area contributed by atoms with Gasteiger partial charge in [0.25, 0.3) is 0 Å². The molecule has 0 spiro atoms. The molecule has 1 heterocycles. The summed E-state index contributed by atoms with van der Waals surface area (Å²) >= 11 is 0. The van der Waals surface area contributed by atoms with E-state index in [9.17, 15) is 14.4 Å². The molecule has 112 valence electrons. The van der Waals surface area contributed by atoms with Crippen LogP contribution in [0.1, 0.15) is 34.1 Å². The summed E-state index contributed by atoms with van der Waals surface area (Å²) in [6, 6.07) is 0. The van der Waals surface area contributed by atoms with Crippen LogP contribution < -0.4 is 0 Å². The lowest BCUT2D eigenvalue weighted by Gasteiger charge is -2.24. The zero-order chi connectivity index (χ0) is 15.5. The average Bonchev–Trinajstić information content (AvgIpc) is 2.55. The van der Waals surface area contributed by atoms with Gasteiger partial charge in [0, 0.05) is 5.57 Å². The molecule has 6 heteroatoms. The molecule has 2 unspecified atom stereocenters. The van der Waals surface area contributed by atoms with E-state index in [2.05, 4.69) is 6.58 Å². The molecule has 1 aliphatic rings. The van der Waals surface area contributed by atoms with Crippen molar-refractivity contribution in [1.82, 2.24) is 0 Å². The summed E-state index contributed by atoms with van der Waals surface area (Å²) in [5.41, 5.74) is -0.940. The number of rotatable bonds is 5. The van der Waals surface area contributed by atoms with Gasteiger partial charge in [0.05, 0.1) is 6.61 Å². The Balaban J connectivity index is 2.93. The van der Waals surface area contributed by atoms with Crippen molar-refractivity contribution < 1.29 is 28.6 Å². The van der Waals surface area contributed by atoms with E-state index < -0.39 is 35.5 Å². The zero-order valence-corrected chi connectivity index (χ0v) is 12.2. The van der Waals surface area contributed by atoms with Crippen molar-refractivity contribution in [2.24, 2.45) is 5.92 Å². The number of carbonyl (C=O) groups excluding carboxylic acids is 3. The summed E-state index contributed by atoms with van der Waals surface area (Å²) in [5, 5.41) is 0. The summed E-state index contributed by atoms with van der Waals surface area (Å²) in [7, 11) is 0. The van der Waals surface area contributed by atoms with Crippen LogP contribution in [0.5, 0.6) is 0 Å². The molecule has 2 atom stereocenters. The lowest BCUT2D eigenvalue weighted by atomic mass is 9.89. The Morgan fingerprint density at radius 2 is 2.00 bits per heavy atom. The van der Waals surface area contributed by atoms with Crippen molar-refractivity contribution in [2.75, 3.05) is 6.61 Å². The zero-order valence-electron chi connectivity index (χ0n) is 12.2. The van der Waals surface area contributed by atoms with Crippen molar-refractivity contribution >= 4 is 17.9 Å². The number of esters is 3. The van der Waals surface area contributed by atoms with Crippen molar-refractivity contribution in [3.63, 3.8) is 0 Å². The number of hydrogen-bond donors (Lipinski definition) is 0. The van der Waals surface area contributed by atoms with Gasteiger partial charge in [0.15, 0.2) is 0 Å². The van der Waals surface area contributed by atoms with E-state index in [1.165, 1.54) is 6.92 Å². The minimum absolute atomic E-state index is 0.142. The third-order valence-corrected chi connectivity index (χ3v) is 2.93. The van der Waals surface area contributed by atoms with Gasteiger partial charge in [-0.05, 0) is 27.2 Å². The van der Waals surface area contributed by atoms with Crippen LogP contribution >= 0.6 is 0 Å². The first-order valence-electron chi connectivity index (χ1n) is 6.46. The summed E-state index contributed by atoms with van der Waals surface area (Å²) in [6.45, 7) is 10.1. The van der Waals surface area contributed by atoms with Gasteiger partial charge in [-0.2, -0.15) is 0 Å². The molecule has 0 bridgehead atoms. The van der Waals surface area contributed by atoms with Gasteiger partial charge < -0.3 is 14.2 Å². The Kier molecular flexibility index (Phi) is 4.92. The Morgan fingerprint density at radius 3 is 2.50 bits per heavy atom. The Hall–Kier alpha value is -1.85. The largest absolute Gasteiger partial charge is 0.465 e. The van der Waals surface area contributed by atoms with E-state index in [1.807, 2.05) is 6.92 Å². The van der Waals surface area contributed by atoms with Crippen LogP contribution in [0, 0.1) is 5.92 Å². The monoisotopic (exact) mass is 284 g/mol. The molecule has 0 aromatic carbocycles. The summed E-state index contributed by atoms with van der Waals surface area (Å²) in [4.78, 5) is 35.4. The minimum Gasteiger partial charge on any atom is -0.465 e. The van der Waals surface area contributed by atoms with Crippen LogP contribution in [0.15, 0.2) is 12.2 Å². The van der Waals surface area contributed by atoms with Crippen LogP contribution in [0.4, 0.5) is 0 Å². The van der Waals surface area contributed by atoms with Crippen molar-refractivity contribution in [3.05, 3.63) is 12.2 Å². The van der Waals surface area contributed by atoms with E-state index in [0.29, 0.717) is 6.42 Å². The number of cyclic esters (lactones) is 1. The summed E-state index contributed by atoms with van der Waals surface area (Å²) < 4.78 is 15.2. The third kappa shape index (κ3) is 3.37. The predicted molar refractivity (Wildman–Crippen MR) is 69.6 cm³/mol. The second-order valence-electron chi connectivity index (χ2n) is 5.28. The molecule has 0 aromatic rings. The maximum atomic E-state index is 12.1. The molecular weight excluding hydrogens is 264 g/mol. The quantitative estimate of drug-likeness (QED) is 0.431. The van der Waals surface area contributed by atoms with E-state index in [0.717, 1.165) is 0 Å². The van der Waals surface area contributed by atoms with Gasteiger partial charge in [-0.15, -0.1) is 0 Å². The van der Waals surface area contributed by atoms with Gasteiger partial charge in [0.1, 0.15) is 11.5 Å². The lowest BCUT2D eigenvalue weighted by molar-refractivity contribution is -0.163. The lowest BCUT2D eigenvalue weighted by Crippen LogP contribution is -2.42. The highest BCUT2D eigenvalue weighted by atomic mass is 16.6. The average molecular weight is 284 g/mol. The normalized spacial score (nSPS) is 23.9. The Morgan fingerprint density at radius 1 is 1.40 bits per heavy atom. The summed E-state index contributed by atoms with van der Waals surface area (Å²) in [6.07, 6.45) is -0.636. The van der Waals surface area contributed by atoms with Crippen LogP contribution in [0.25, 0.3) is 0 Å². The highest BCUT2D eigenvalue weighted by molar-refractivity contribution is 5.93. The molecular formula is C14H20O6. The first kappa shape index (κ1) is 16.2. The maximum Gasteiger partial charge on any atom is 0.349 e. The fourth-order valence-electron chi connectivity index (χ4n) is 1.91. The Labute approximate surface area is 118 Å². The third-order valence-electron chi connectivity index (χ3n) is 2.93. The topological polar surface area (TPSA) is 78.9 Å². The number of hydrogen-bond acceptors (Lipinski definition) is 6. The SMILES string of the molecule is C=C(C)C(=O)OC1C(=O)OC(C)(C)C1C(=O)OCCC. The van der Waals surface area contributed by atoms with E-state index in [1.54, 1.807) is 13.8 Å². The highest BCUT2D eigenvalue weighted by Gasteiger charge is 2.57. The second kappa shape index (κ2) is 6.07. The molecule has 1 fully saturated rings. The summed E-state index contributed by atoms with van der Waals surface area (Å²) in [5.74, 6) is -3.08. The molecule has 6 nitrogen and oxygen atoms in total. The smallest absolute Gasteiger partial charge is 0.349 e. The van der Waals surface area contributed by atoms with Crippen molar-refractivity contribution in [3.8, 4) is 0 Å². The minimum atomic E-state index is -1.29. The molecule has 1 rings (SSSR count). The first-order chi connectivity index (χ1) is 9.20. The van der Waals surface area contributed by atoms with Crippen molar-refractivity contribution in [2.45, 2.75) is 45.8 Å². The van der Waals surface area contributed by atoms with E-state index in [4.69, 9.17) is 14.2 Å². The molecule has 0 aromatic heterocycles. The van der Waals surface area contributed by atoms with Crippen molar-refractivity contribution in [1.29, 1.82) is 0 Å². The van der Waals surface area contributed by atoms with Crippen LogP contribution in [0.3, 0.4) is 0 Å². The van der Waals surface area contributed by atoms with E-state index in [-0.39, 0.29) is 12.2 Å². The fourth-order valence-corrected chi connectivity index (χ4v) is 1.91. The fraction of sp³-hybridized carbons (Fsp3) is 0.643. The molecule has 0 radical (unpaired) electrons. The molecule has 0 N–H and O–H groups in total. The molecule has 1 aliphatic heterocycles. The van der Waals surface area contributed by atoms with Crippen LogP contribution in [-0.4, -0.2) is 36.2 Å². The molecule has 1 saturated heterocycles.